The Morgan fingerprint density at radius 3 is 2.59 bits per heavy atom. The monoisotopic (exact) mass is 460 g/mol. The van der Waals surface area contributed by atoms with Crippen LogP contribution in [0.1, 0.15) is 16.8 Å². The van der Waals surface area contributed by atoms with Crippen molar-refractivity contribution in [2.24, 2.45) is 0 Å². The van der Waals surface area contributed by atoms with Crippen LogP contribution in [0.3, 0.4) is 0 Å². The summed E-state index contributed by atoms with van der Waals surface area (Å²) in [7, 11) is -4.58. The number of nitrogens with zero attached hydrogens (tertiary/aromatic N) is 2. The van der Waals surface area contributed by atoms with E-state index in [4.69, 9.17) is 19.6 Å². The summed E-state index contributed by atoms with van der Waals surface area (Å²) in [5.74, 6) is -0.489. The summed E-state index contributed by atoms with van der Waals surface area (Å²) < 4.78 is 21.2. The van der Waals surface area contributed by atoms with Crippen molar-refractivity contribution in [1.82, 2.24) is 9.97 Å². The Bertz CT molecular complexity index is 1130. The maximum absolute atomic E-state index is 10.9. The van der Waals surface area contributed by atoms with Crippen molar-refractivity contribution < 1.29 is 38.6 Å². The zero-order valence-electron chi connectivity index (χ0n) is 16.7. The van der Waals surface area contributed by atoms with E-state index in [1.54, 1.807) is 60.8 Å². The Morgan fingerprint density at radius 2 is 1.84 bits per heavy atom. The van der Waals surface area contributed by atoms with Crippen LogP contribution in [0.25, 0.3) is 11.4 Å². The Hall–Kier alpha value is -3.14. The number of aliphatic carboxylic acids is 1. The SMILES string of the molecule is O=C(O)C(O)Cc1ccccc1OCc1ccnc(-c2cccc(COP(=O)(O)O)c2)n1. The van der Waals surface area contributed by atoms with E-state index in [1.165, 1.54) is 0 Å². The van der Waals surface area contributed by atoms with Gasteiger partial charge in [0.15, 0.2) is 11.9 Å². The predicted molar refractivity (Wildman–Crippen MR) is 112 cm³/mol. The summed E-state index contributed by atoms with van der Waals surface area (Å²) in [6.45, 7) is -0.184. The molecule has 1 aromatic heterocycles. The number of ether oxygens (including phenoxy) is 1. The lowest BCUT2D eigenvalue weighted by molar-refractivity contribution is -0.146. The number of rotatable bonds is 10. The van der Waals surface area contributed by atoms with E-state index in [1.807, 2.05) is 0 Å². The van der Waals surface area contributed by atoms with Gasteiger partial charge < -0.3 is 24.7 Å². The molecule has 0 aliphatic heterocycles. The summed E-state index contributed by atoms with van der Waals surface area (Å²) in [5.41, 5.74) is 2.28. The molecule has 0 saturated carbocycles. The van der Waals surface area contributed by atoms with Gasteiger partial charge >= 0.3 is 13.8 Å². The van der Waals surface area contributed by atoms with E-state index < -0.39 is 19.9 Å². The van der Waals surface area contributed by atoms with Crippen LogP contribution >= 0.6 is 7.82 Å². The highest BCUT2D eigenvalue weighted by atomic mass is 31.2. The van der Waals surface area contributed by atoms with E-state index in [2.05, 4.69) is 14.5 Å². The van der Waals surface area contributed by atoms with Crippen LogP contribution in [-0.4, -0.2) is 42.0 Å². The molecule has 0 spiro atoms. The minimum absolute atomic E-state index is 0.0801. The zero-order chi connectivity index (χ0) is 23.1. The number of aliphatic hydroxyl groups excluding tert-OH is 1. The highest BCUT2D eigenvalue weighted by Crippen LogP contribution is 2.37. The van der Waals surface area contributed by atoms with Gasteiger partial charge in [0, 0.05) is 18.2 Å². The number of aliphatic hydroxyl groups is 1. The first kappa shape index (κ1) is 23.5. The zero-order valence-corrected chi connectivity index (χ0v) is 17.6. The second kappa shape index (κ2) is 10.4. The second-order valence-electron chi connectivity index (χ2n) is 6.79. The molecule has 3 aromatic rings. The molecule has 4 N–H and O–H groups in total. The number of carboxylic acid groups (broad SMARTS) is 1. The van der Waals surface area contributed by atoms with E-state index >= 15 is 0 Å². The molecule has 0 bridgehead atoms. The number of carboxylic acids is 1. The fraction of sp³-hybridized carbons (Fsp3) is 0.190. The van der Waals surface area contributed by atoms with Crippen LogP contribution in [-0.2, 0) is 33.5 Å². The number of hydrogen-bond acceptors (Lipinski definition) is 7. The average Bonchev–Trinajstić information content (AvgIpc) is 2.77. The number of benzene rings is 2. The lowest BCUT2D eigenvalue weighted by Crippen LogP contribution is -2.22. The molecule has 0 saturated heterocycles. The standard InChI is InChI=1S/C21H21N2O8P/c24-18(21(25)26)11-15-5-1-2-7-19(15)30-13-17-8-9-22-20(23-17)16-6-3-4-14(10-16)12-31-32(27,28)29/h1-10,18,24H,11-13H2,(H,25,26)(H2,27,28,29). The molecule has 32 heavy (non-hydrogen) atoms. The van der Waals surface area contributed by atoms with Crippen molar-refractivity contribution in [2.45, 2.75) is 25.7 Å². The molecule has 1 unspecified atom stereocenters. The van der Waals surface area contributed by atoms with Crippen molar-refractivity contribution in [3.05, 3.63) is 77.6 Å². The molecule has 168 valence electrons. The quantitative estimate of drug-likeness (QED) is 0.331. The normalized spacial score (nSPS) is 12.3. The minimum Gasteiger partial charge on any atom is -0.487 e. The summed E-state index contributed by atoms with van der Waals surface area (Å²) >= 11 is 0. The first-order valence-electron chi connectivity index (χ1n) is 9.44. The smallest absolute Gasteiger partial charge is 0.469 e. The Balaban J connectivity index is 1.72. The van der Waals surface area contributed by atoms with Crippen LogP contribution < -0.4 is 4.74 Å². The van der Waals surface area contributed by atoms with Crippen molar-refractivity contribution >= 4 is 13.8 Å². The van der Waals surface area contributed by atoms with Crippen LogP contribution in [0.15, 0.2) is 60.8 Å². The number of para-hydroxylation sites is 1. The average molecular weight is 460 g/mol. The molecule has 0 aliphatic rings. The van der Waals surface area contributed by atoms with Gasteiger partial charge in [-0.1, -0.05) is 36.4 Å². The largest absolute Gasteiger partial charge is 0.487 e. The predicted octanol–water partition coefficient (Wildman–Crippen LogP) is 2.32. The van der Waals surface area contributed by atoms with E-state index in [9.17, 15) is 14.5 Å². The lowest BCUT2D eigenvalue weighted by atomic mass is 10.1. The van der Waals surface area contributed by atoms with Gasteiger partial charge in [0.1, 0.15) is 12.4 Å². The molecule has 11 heteroatoms. The number of carbonyl (C=O) groups is 1. The Morgan fingerprint density at radius 1 is 1.06 bits per heavy atom. The van der Waals surface area contributed by atoms with Crippen molar-refractivity contribution in [2.75, 3.05) is 0 Å². The van der Waals surface area contributed by atoms with Crippen LogP contribution in [0.2, 0.25) is 0 Å². The Labute approximate surface area is 183 Å². The molecule has 1 heterocycles. The van der Waals surface area contributed by atoms with Crippen molar-refractivity contribution in [1.29, 1.82) is 0 Å². The molecule has 0 fully saturated rings. The highest BCUT2D eigenvalue weighted by Gasteiger charge is 2.17. The topological polar surface area (TPSA) is 159 Å². The number of aromatic nitrogens is 2. The Kier molecular flexibility index (Phi) is 7.68. The van der Waals surface area contributed by atoms with Gasteiger partial charge in [0.05, 0.1) is 12.3 Å². The first-order valence-corrected chi connectivity index (χ1v) is 11.0. The second-order valence-corrected chi connectivity index (χ2v) is 8.03. The molecule has 3 rings (SSSR count). The van der Waals surface area contributed by atoms with Gasteiger partial charge in [-0.2, -0.15) is 0 Å². The molecular formula is C21H21N2O8P. The first-order chi connectivity index (χ1) is 15.2. The minimum atomic E-state index is -4.58. The van der Waals surface area contributed by atoms with E-state index in [0.717, 1.165) is 0 Å². The molecule has 0 radical (unpaired) electrons. The third-order valence-electron chi connectivity index (χ3n) is 4.34. The van der Waals surface area contributed by atoms with Crippen LogP contribution in [0.4, 0.5) is 0 Å². The summed E-state index contributed by atoms with van der Waals surface area (Å²) in [4.78, 5) is 37.3. The van der Waals surface area contributed by atoms with Crippen molar-refractivity contribution in [3.63, 3.8) is 0 Å². The molecular weight excluding hydrogens is 439 g/mol. The maximum Gasteiger partial charge on any atom is 0.469 e. The van der Waals surface area contributed by atoms with Gasteiger partial charge in [0.25, 0.3) is 0 Å². The highest BCUT2D eigenvalue weighted by molar-refractivity contribution is 7.46. The van der Waals surface area contributed by atoms with E-state index in [-0.39, 0.29) is 19.6 Å². The third-order valence-corrected chi connectivity index (χ3v) is 4.81. The molecule has 2 aromatic carbocycles. The van der Waals surface area contributed by atoms with Crippen LogP contribution in [0.5, 0.6) is 5.75 Å². The van der Waals surface area contributed by atoms with Gasteiger partial charge in [-0.05, 0) is 29.3 Å². The van der Waals surface area contributed by atoms with Gasteiger partial charge in [-0.15, -0.1) is 0 Å². The molecule has 1 atom stereocenters. The fourth-order valence-corrected chi connectivity index (χ4v) is 3.15. The lowest BCUT2D eigenvalue weighted by Gasteiger charge is -2.13. The van der Waals surface area contributed by atoms with E-state index in [0.29, 0.717) is 34.0 Å². The molecule has 0 aliphatic carbocycles. The summed E-state index contributed by atoms with van der Waals surface area (Å²) in [5, 5.41) is 18.5. The van der Waals surface area contributed by atoms with Gasteiger partial charge in [0.2, 0.25) is 0 Å². The summed E-state index contributed by atoms with van der Waals surface area (Å²) in [6.07, 6.45) is -0.0727. The fourth-order valence-electron chi connectivity index (χ4n) is 2.83. The third kappa shape index (κ3) is 6.94. The molecule has 10 nitrogen and oxygen atoms in total. The van der Waals surface area contributed by atoms with Crippen molar-refractivity contribution in [3.8, 4) is 17.1 Å². The number of hydrogen-bond donors (Lipinski definition) is 4. The molecule has 0 amide bonds. The summed E-state index contributed by atoms with van der Waals surface area (Å²) in [6, 6.07) is 15.3. The maximum atomic E-state index is 10.9. The number of phosphoric acid groups is 1. The van der Waals surface area contributed by atoms with Crippen LogP contribution in [0, 0.1) is 0 Å². The van der Waals surface area contributed by atoms with Gasteiger partial charge in [-0.25, -0.2) is 19.3 Å². The number of phosphoric ester groups is 1. The van der Waals surface area contributed by atoms with Gasteiger partial charge in [-0.3, -0.25) is 4.52 Å².